The third-order valence-electron chi connectivity index (χ3n) is 5.79. The molecule has 1 N–H and O–H groups in total. The Morgan fingerprint density at radius 2 is 1.59 bits per heavy atom. The molecule has 0 spiro atoms. The van der Waals surface area contributed by atoms with Gasteiger partial charge in [-0.2, -0.15) is 0 Å². The topological polar surface area (TPSA) is 30.5 Å². The molecule has 1 aliphatic heterocycles. The van der Waals surface area contributed by atoms with Crippen LogP contribution in [-0.4, -0.2) is 26.3 Å². The molecule has 3 nitrogen and oxygen atoms in total. The van der Waals surface area contributed by atoms with Crippen molar-refractivity contribution in [2.75, 3.05) is 20.3 Å². The van der Waals surface area contributed by atoms with Gasteiger partial charge in [0, 0.05) is 18.6 Å². The zero-order valence-corrected chi connectivity index (χ0v) is 17.0. The van der Waals surface area contributed by atoms with Crippen molar-refractivity contribution in [2.24, 2.45) is 0 Å². The molecule has 1 fully saturated rings. The monoisotopic (exact) mass is 387 g/mol. The zero-order valence-electron chi connectivity index (χ0n) is 17.0. The fourth-order valence-corrected chi connectivity index (χ4v) is 4.30. The van der Waals surface area contributed by atoms with Crippen LogP contribution < -0.4 is 10.1 Å². The van der Waals surface area contributed by atoms with Gasteiger partial charge in [0.2, 0.25) is 0 Å². The van der Waals surface area contributed by atoms with E-state index in [1.165, 1.54) is 16.7 Å². The first-order valence-electron chi connectivity index (χ1n) is 10.4. The largest absolute Gasteiger partial charge is 0.497 e. The van der Waals surface area contributed by atoms with E-state index in [-0.39, 0.29) is 6.10 Å². The highest BCUT2D eigenvalue weighted by Gasteiger charge is 2.28. The van der Waals surface area contributed by atoms with Crippen LogP contribution in [0, 0.1) is 0 Å². The molecule has 4 rings (SSSR count). The molecule has 0 bridgehead atoms. The highest BCUT2D eigenvalue weighted by molar-refractivity contribution is 5.33. The van der Waals surface area contributed by atoms with Crippen LogP contribution >= 0.6 is 0 Å². The fraction of sp³-hybridized carbons (Fsp3) is 0.308. The van der Waals surface area contributed by atoms with Crippen LogP contribution in [0.2, 0.25) is 0 Å². The summed E-state index contributed by atoms with van der Waals surface area (Å²) in [6, 6.07) is 29.9. The Kier molecular flexibility index (Phi) is 6.60. The van der Waals surface area contributed by atoms with Crippen LogP contribution in [0.1, 0.15) is 41.6 Å². The number of rotatable bonds is 8. The summed E-state index contributed by atoms with van der Waals surface area (Å²) in [6.45, 7) is 1.76. The van der Waals surface area contributed by atoms with Crippen LogP contribution in [-0.2, 0) is 4.74 Å². The maximum absolute atomic E-state index is 6.44. The first kappa shape index (κ1) is 19.7. The number of ether oxygens (including phenoxy) is 2. The van der Waals surface area contributed by atoms with E-state index in [4.69, 9.17) is 9.47 Å². The molecule has 3 heteroatoms. The summed E-state index contributed by atoms with van der Waals surface area (Å²) in [5.41, 5.74) is 3.74. The molecule has 3 aromatic rings. The maximum Gasteiger partial charge on any atom is 0.119 e. The van der Waals surface area contributed by atoms with E-state index in [2.05, 4.69) is 72.0 Å². The maximum atomic E-state index is 6.44. The highest BCUT2D eigenvalue weighted by atomic mass is 16.5. The molecule has 0 aliphatic carbocycles. The summed E-state index contributed by atoms with van der Waals surface area (Å²) in [5.74, 6) is 1.43. The van der Waals surface area contributed by atoms with Crippen molar-refractivity contribution in [3.8, 4) is 5.75 Å². The van der Waals surface area contributed by atoms with Crippen molar-refractivity contribution in [2.45, 2.75) is 30.9 Å². The van der Waals surface area contributed by atoms with Crippen LogP contribution in [0.5, 0.6) is 5.75 Å². The first-order chi connectivity index (χ1) is 14.3. The van der Waals surface area contributed by atoms with Crippen LogP contribution in [0.15, 0.2) is 84.9 Å². The number of methoxy groups -OCH3 is 1. The van der Waals surface area contributed by atoms with Gasteiger partial charge in [-0.15, -0.1) is 0 Å². The SMILES string of the molecule is COc1cccc(C2CCNC2CCOC(c2ccccc2)c2ccccc2)c1. The summed E-state index contributed by atoms with van der Waals surface area (Å²) < 4.78 is 11.9. The molecule has 1 saturated heterocycles. The van der Waals surface area contributed by atoms with Crippen molar-refractivity contribution in [1.82, 2.24) is 5.32 Å². The number of nitrogens with one attached hydrogen (secondary N) is 1. The molecule has 1 heterocycles. The van der Waals surface area contributed by atoms with Crippen LogP contribution in [0.4, 0.5) is 0 Å². The third-order valence-corrected chi connectivity index (χ3v) is 5.79. The minimum absolute atomic E-state index is 0.0333. The van der Waals surface area contributed by atoms with Gasteiger partial charge in [0.05, 0.1) is 7.11 Å². The van der Waals surface area contributed by atoms with E-state index in [9.17, 15) is 0 Å². The smallest absolute Gasteiger partial charge is 0.119 e. The minimum atomic E-state index is -0.0333. The lowest BCUT2D eigenvalue weighted by atomic mass is 9.90. The van der Waals surface area contributed by atoms with E-state index in [0.717, 1.165) is 25.1 Å². The molecule has 1 aliphatic rings. The average Bonchev–Trinajstić information content (AvgIpc) is 3.26. The lowest BCUT2D eigenvalue weighted by Gasteiger charge is -2.23. The average molecular weight is 388 g/mol. The van der Waals surface area contributed by atoms with E-state index >= 15 is 0 Å². The third kappa shape index (κ3) is 4.87. The van der Waals surface area contributed by atoms with Crippen molar-refractivity contribution in [3.05, 3.63) is 102 Å². The standard InChI is InChI=1S/C26H29NO2/c1-28-23-14-8-13-22(19-23)24-15-17-27-25(24)16-18-29-26(20-9-4-2-5-10-20)21-11-6-3-7-12-21/h2-14,19,24-27H,15-18H2,1H3. The van der Waals surface area contributed by atoms with Gasteiger partial charge >= 0.3 is 0 Å². The molecular weight excluding hydrogens is 358 g/mol. The molecule has 2 atom stereocenters. The molecule has 0 amide bonds. The zero-order chi connectivity index (χ0) is 19.9. The first-order valence-corrected chi connectivity index (χ1v) is 10.4. The van der Waals surface area contributed by atoms with Gasteiger partial charge in [0.15, 0.2) is 0 Å². The second kappa shape index (κ2) is 9.73. The quantitative estimate of drug-likeness (QED) is 0.566. The molecule has 0 aromatic heterocycles. The second-order valence-electron chi connectivity index (χ2n) is 7.59. The normalized spacial score (nSPS) is 18.8. The molecule has 0 radical (unpaired) electrons. The van der Waals surface area contributed by atoms with E-state index in [1.54, 1.807) is 7.11 Å². The molecule has 0 saturated carbocycles. The Balaban J connectivity index is 1.43. The van der Waals surface area contributed by atoms with Crippen molar-refractivity contribution >= 4 is 0 Å². The van der Waals surface area contributed by atoms with Gasteiger partial charge in [0.1, 0.15) is 11.9 Å². The Hall–Kier alpha value is -2.62. The van der Waals surface area contributed by atoms with E-state index in [0.29, 0.717) is 18.6 Å². The minimum Gasteiger partial charge on any atom is -0.497 e. The van der Waals surface area contributed by atoms with Gasteiger partial charge in [-0.05, 0) is 48.2 Å². The van der Waals surface area contributed by atoms with Gasteiger partial charge in [0.25, 0.3) is 0 Å². The van der Waals surface area contributed by atoms with Crippen LogP contribution in [0.25, 0.3) is 0 Å². The second-order valence-corrected chi connectivity index (χ2v) is 7.59. The number of benzene rings is 3. The summed E-state index contributed by atoms with van der Waals surface area (Å²) in [7, 11) is 1.73. The van der Waals surface area contributed by atoms with E-state index in [1.807, 2.05) is 18.2 Å². The molecule has 150 valence electrons. The summed E-state index contributed by atoms with van der Waals surface area (Å²) >= 11 is 0. The molecule has 2 unspecified atom stereocenters. The predicted molar refractivity (Wildman–Crippen MR) is 117 cm³/mol. The summed E-state index contributed by atoms with van der Waals surface area (Å²) in [4.78, 5) is 0. The van der Waals surface area contributed by atoms with Gasteiger partial charge in [-0.25, -0.2) is 0 Å². The predicted octanol–water partition coefficient (Wildman–Crippen LogP) is 5.34. The number of hydrogen-bond donors (Lipinski definition) is 1. The Morgan fingerprint density at radius 1 is 0.897 bits per heavy atom. The highest BCUT2D eigenvalue weighted by Crippen LogP contribution is 2.32. The Morgan fingerprint density at radius 3 is 2.24 bits per heavy atom. The van der Waals surface area contributed by atoms with Crippen molar-refractivity contribution < 1.29 is 9.47 Å². The lowest BCUT2D eigenvalue weighted by Crippen LogP contribution is -2.27. The van der Waals surface area contributed by atoms with Gasteiger partial charge in [-0.1, -0.05) is 72.8 Å². The Bertz CT molecular complexity index is 842. The van der Waals surface area contributed by atoms with E-state index < -0.39 is 0 Å². The van der Waals surface area contributed by atoms with Crippen molar-refractivity contribution in [3.63, 3.8) is 0 Å². The summed E-state index contributed by atoms with van der Waals surface area (Å²) in [6.07, 6.45) is 2.10. The lowest BCUT2D eigenvalue weighted by molar-refractivity contribution is 0.0727. The number of hydrogen-bond acceptors (Lipinski definition) is 3. The van der Waals surface area contributed by atoms with Gasteiger partial charge in [-0.3, -0.25) is 0 Å². The van der Waals surface area contributed by atoms with Gasteiger partial charge < -0.3 is 14.8 Å². The van der Waals surface area contributed by atoms with Crippen LogP contribution in [0.3, 0.4) is 0 Å². The summed E-state index contributed by atoms with van der Waals surface area (Å²) in [5, 5.41) is 3.68. The van der Waals surface area contributed by atoms with Crippen molar-refractivity contribution in [1.29, 1.82) is 0 Å². The fourth-order valence-electron chi connectivity index (χ4n) is 4.30. The Labute approximate surface area is 173 Å². The molecule has 29 heavy (non-hydrogen) atoms. The molecular formula is C26H29NO2. The molecule has 3 aromatic carbocycles.